The summed E-state index contributed by atoms with van der Waals surface area (Å²) in [4.78, 5) is 4.22. The number of rotatable bonds is 5. The van der Waals surface area contributed by atoms with Gasteiger partial charge in [-0.2, -0.15) is 5.10 Å². The lowest BCUT2D eigenvalue weighted by Gasteiger charge is -2.01. The molecular weight excluding hydrogens is 336 g/mol. The third-order valence-electron chi connectivity index (χ3n) is 3.41. The lowest BCUT2D eigenvalue weighted by Crippen LogP contribution is -2.22. The molecule has 0 amide bonds. The van der Waals surface area contributed by atoms with E-state index in [1.165, 1.54) is 17.4 Å². The second-order valence-electron chi connectivity index (χ2n) is 5.15. The number of thiazole rings is 1. The Labute approximate surface area is 137 Å². The third-order valence-corrected chi connectivity index (χ3v) is 5.65. The molecule has 0 saturated heterocycles. The van der Waals surface area contributed by atoms with Crippen LogP contribution >= 0.6 is 11.3 Å². The molecule has 0 aliphatic rings. The average Bonchev–Trinajstić information content (AvgIpc) is 3.20. The molecule has 0 saturated carbocycles. The second-order valence-corrected chi connectivity index (χ2v) is 7.79. The first-order chi connectivity index (χ1) is 10.9. The highest BCUT2D eigenvalue weighted by Gasteiger charge is 2.21. The molecule has 0 radical (unpaired) electrons. The van der Waals surface area contributed by atoms with Crippen molar-refractivity contribution in [2.75, 3.05) is 0 Å². The summed E-state index contributed by atoms with van der Waals surface area (Å²) in [6.07, 6.45) is 0. The van der Waals surface area contributed by atoms with Crippen molar-refractivity contribution in [2.24, 2.45) is 0 Å². The van der Waals surface area contributed by atoms with Crippen LogP contribution in [0.5, 0.6) is 0 Å². The lowest BCUT2D eigenvalue weighted by molar-refractivity contribution is 0.454. The molecule has 3 rings (SSSR count). The Bertz CT molecular complexity index is 937. The molecule has 3 aromatic heterocycles. The minimum atomic E-state index is -3.73. The van der Waals surface area contributed by atoms with Crippen LogP contribution in [0.3, 0.4) is 0 Å². The highest BCUT2D eigenvalue weighted by molar-refractivity contribution is 7.89. The van der Waals surface area contributed by atoms with Crippen LogP contribution in [-0.4, -0.2) is 23.6 Å². The number of sulfonamides is 1. The van der Waals surface area contributed by atoms with Crippen LogP contribution in [0.1, 0.15) is 22.0 Å². The maximum Gasteiger partial charge on any atom is 0.274 e. The molecule has 2 N–H and O–H groups in total. The number of hydrogen-bond donors (Lipinski definition) is 2. The summed E-state index contributed by atoms with van der Waals surface area (Å²) in [5, 5.41) is 9.42. The fourth-order valence-electron chi connectivity index (χ4n) is 2.03. The van der Waals surface area contributed by atoms with Crippen LogP contribution in [0, 0.1) is 20.8 Å². The molecule has 0 atom stereocenters. The van der Waals surface area contributed by atoms with Crippen molar-refractivity contribution in [3.05, 3.63) is 39.5 Å². The Morgan fingerprint density at radius 1 is 1.30 bits per heavy atom. The van der Waals surface area contributed by atoms with E-state index < -0.39 is 10.0 Å². The normalized spacial score (nSPS) is 12.0. The molecule has 0 aliphatic carbocycles. The standard InChI is InChI=1S/C14H16N4O3S2/c1-8-7-22-12(16-8)6-15-23(19,20)13-5-4-11(21-13)14-9(2)10(3)17-18-14/h4-5,7,15H,6H2,1-3H3,(H,17,18). The summed E-state index contributed by atoms with van der Waals surface area (Å²) in [6.45, 7) is 5.79. The number of aromatic nitrogens is 3. The number of hydrogen-bond acceptors (Lipinski definition) is 6. The number of nitrogens with one attached hydrogen (secondary N) is 2. The van der Waals surface area contributed by atoms with E-state index in [2.05, 4.69) is 19.9 Å². The van der Waals surface area contributed by atoms with Crippen LogP contribution in [0.4, 0.5) is 0 Å². The summed E-state index contributed by atoms with van der Waals surface area (Å²) in [7, 11) is -3.73. The molecule has 122 valence electrons. The van der Waals surface area contributed by atoms with Crippen molar-refractivity contribution >= 4 is 21.4 Å². The van der Waals surface area contributed by atoms with Gasteiger partial charge in [0.2, 0.25) is 5.09 Å². The quantitative estimate of drug-likeness (QED) is 0.735. The van der Waals surface area contributed by atoms with E-state index in [1.54, 1.807) is 6.07 Å². The van der Waals surface area contributed by atoms with Gasteiger partial charge in [-0.05, 0) is 32.9 Å². The van der Waals surface area contributed by atoms with E-state index in [0.717, 1.165) is 17.0 Å². The van der Waals surface area contributed by atoms with Crippen molar-refractivity contribution in [3.63, 3.8) is 0 Å². The van der Waals surface area contributed by atoms with E-state index in [4.69, 9.17) is 4.42 Å². The summed E-state index contributed by atoms with van der Waals surface area (Å²) >= 11 is 1.41. The molecule has 0 aromatic carbocycles. The van der Waals surface area contributed by atoms with E-state index >= 15 is 0 Å². The Balaban J connectivity index is 1.80. The number of aromatic amines is 1. The molecule has 0 spiro atoms. The Kier molecular flexibility index (Phi) is 4.09. The maximum absolute atomic E-state index is 12.3. The zero-order valence-corrected chi connectivity index (χ0v) is 14.5. The first kappa shape index (κ1) is 15.9. The van der Waals surface area contributed by atoms with Crippen LogP contribution in [-0.2, 0) is 16.6 Å². The van der Waals surface area contributed by atoms with Crippen LogP contribution in [0.15, 0.2) is 27.0 Å². The molecule has 23 heavy (non-hydrogen) atoms. The van der Waals surface area contributed by atoms with Gasteiger partial charge < -0.3 is 4.42 Å². The molecule has 7 nitrogen and oxygen atoms in total. The number of aryl methyl sites for hydroxylation is 2. The Morgan fingerprint density at radius 2 is 2.09 bits per heavy atom. The fraction of sp³-hybridized carbons (Fsp3) is 0.286. The van der Waals surface area contributed by atoms with E-state index in [-0.39, 0.29) is 11.6 Å². The largest absolute Gasteiger partial charge is 0.442 e. The summed E-state index contributed by atoms with van der Waals surface area (Å²) in [5.74, 6) is 0.414. The van der Waals surface area contributed by atoms with E-state index in [9.17, 15) is 8.42 Å². The lowest BCUT2D eigenvalue weighted by atomic mass is 10.2. The first-order valence-corrected chi connectivity index (χ1v) is 9.25. The molecule has 3 heterocycles. The highest BCUT2D eigenvalue weighted by atomic mass is 32.2. The van der Waals surface area contributed by atoms with Gasteiger partial charge in [0.15, 0.2) is 5.76 Å². The molecule has 9 heteroatoms. The number of furan rings is 1. The monoisotopic (exact) mass is 352 g/mol. The van der Waals surface area contributed by atoms with Crippen molar-refractivity contribution in [1.82, 2.24) is 19.9 Å². The maximum atomic E-state index is 12.3. The van der Waals surface area contributed by atoms with Crippen LogP contribution < -0.4 is 4.72 Å². The topological polar surface area (TPSA) is 101 Å². The van der Waals surface area contributed by atoms with Crippen molar-refractivity contribution in [2.45, 2.75) is 32.4 Å². The van der Waals surface area contributed by atoms with E-state index in [1.807, 2.05) is 26.2 Å². The summed E-state index contributed by atoms with van der Waals surface area (Å²) in [6, 6.07) is 3.03. The summed E-state index contributed by atoms with van der Waals surface area (Å²) in [5.41, 5.74) is 3.32. The van der Waals surface area contributed by atoms with Crippen molar-refractivity contribution < 1.29 is 12.8 Å². The van der Waals surface area contributed by atoms with Gasteiger partial charge in [-0.25, -0.2) is 18.1 Å². The van der Waals surface area contributed by atoms with Gasteiger partial charge >= 0.3 is 0 Å². The van der Waals surface area contributed by atoms with Gasteiger partial charge in [0.25, 0.3) is 10.0 Å². The van der Waals surface area contributed by atoms with Gasteiger partial charge in [0.05, 0.1) is 6.54 Å². The van der Waals surface area contributed by atoms with Crippen molar-refractivity contribution in [3.8, 4) is 11.5 Å². The number of nitrogens with zero attached hydrogens (tertiary/aromatic N) is 2. The number of H-pyrrole nitrogens is 1. The molecule has 3 aromatic rings. The van der Waals surface area contributed by atoms with Crippen LogP contribution in [0.2, 0.25) is 0 Å². The predicted octanol–water partition coefficient (Wildman–Crippen LogP) is 2.53. The zero-order valence-electron chi connectivity index (χ0n) is 12.9. The second kappa shape index (κ2) is 5.91. The van der Waals surface area contributed by atoms with Gasteiger partial charge in [-0.15, -0.1) is 11.3 Å². The molecular formula is C14H16N4O3S2. The fourth-order valence-corrected chi connectivity index (χ4v) is 3.75. The SMILES string of the molecule is Cc1csc(CNS(=O)(=O)c2ccc(-c3n[nH]c(C)c3C)o2)n1. The van der Waals surface area contributed by atoms with Gasteiger partial charge in [0, 0.05) is 22.3 Å². The minimum Gasteiger partial charge on any atom is -0.442 e. The Hall–Kier alpha value is -1.97. The van der Waals surface area contributed by atoms with Gasteiger partial charge in [-0.3, -0.25) is 5.10 Å². The minimum absolute atomic E-state index is 0.136. The zero-order chi connectivity index (χ0) is 16.6. The highest BCUT2D eigenvalue weighted by Crippen LogP contribution is 2.26. The van der Waals surface area contributed by atoms with Gasteiger partial charge in [-0.1, -0.05) is 0 Å². The smallest absolute Gasteiger partial charge is 0.274 e. The van der Waals surface area contributed by atoms with E-state index in [0.29, 0.717) is 16.5 Å². The third kappa shape index (κ3) is 3.21. The van der Waals surface area contributed by atoms with Gasteiger partial charge in [0.1, 0.15) is 10.7 Å². The molecule has 0 bridgehead atoms. The van der Waals surface area contributed by atoms with Crippen molar-refractivity contribution in [1.29, 1.82) is 0 Å². The van der Waals surface area contributed by atoms with Crippen LogP contribution in [0.25, 0.3) is 11.5 Å². The molecule has 0 fully saturated rings. The Morgan fingerprint density at radius 3 is 2.70 bits per heavy atom. The average molecular weight is 352 g/mol. The molecule has 0 unspecified atom stereocenters. The summed E-state index contributed by atoms with van der Waals surface area (Å²) < 4.78 is 32.5. The predicted molar refractivity (Wildman–Crippen MR) is 86.6 cm³/mol. The first-order valence-electron chi connectivity index (χ1n) is 6.89. The molecule has 0 aliphatic heterocycles.